The van der Waals surface area contributed by atoms with Crippen LogP contribution in [-0.2, 0) is 11.8 Å². The summed E-state index contributed by atoms with van der Waals surface area (Å²) in [5.41, 5.74) is 0.560. The van der Waals surface area contributed by atoms with E-state index in [1.807, 2.05) is 0 Å². The molecule has 3 amide bonds. The van der Waals surface area contributed by atoms with Crippen LogP contribution in [0.25, 0.3) is 10.9 Å². The van der Waals surface area contributed by atoms with Gasteiger partial charge >= 0.3 is 6.03 Å². The monoisotopic (exact) mass is 340 g/mol. The Morgan fingerprint density at radius 1 is 1.40 bits per heavy atom. The molecule has 1 aromatic heterocycles. The number of fused-ring (bicyclic) bond motifs is 1. The van der Waals surface area contributed by atoms with Crippen molar-refractivity contribution in [2.24, 2.45) is 7.05 Å². The zero-order valence-electron chi connectivity index (χ0n) is 10.5. The number of urea groups is 1. The Labute approximate surface area is 121 Å². The number of amides is 3. The Morgan fingerprint density at radius 2 is 2.15 bits per heavy atom. The van der Waals surface area contributed by atoms with Crippen LogP contribution >= 0.6 is 15.9 Å². The average Bonchev–Trinajstić information content (AvgIpc) is 2.72. The van der Waals surface area contributed by atoms with Gasteiger partial charge in [0.1, 0.15) is 5.82 Å². The van der Waals surface area contributed by atoms with Crippen molar-refractivity contribution >= 4 is 44.6 Å². The number of nitrogens with one attached hydrogen (secondary N) is 1. The van der Waals surface area contributed by atoms with Crippen molar-refractivity contribution in [1.29, 1.82) is 0 Å². The Morgan fingerprint density at radius 3 is 2.85 bits per heavy atom. The van der Waals surface area contributed by atoms with E-state index in [-0.39, 0.29) is 18.9 Å². The van der Waals surface area contributed by atoms with Crippen LogP contribution in [0.2, 0.25) is 0 Å². The lowest BCUT2D eigenvalue weighted by Gasteiger charge is -2.24. The third-order valence-corrected chi connectivity index (χ3v) is 3.94. The standard InChI is InChI=1S/C12H10BrFN4O2/c1-17-10-6(2-3-7(14)9(10)13)11(16-17)18-5-4-8(19)15-12(18)20/h2-3H,4-5H2,1H3,(H,15,19,20). The summed E-state index contributed by atoms with van der Waals surface area (Å²) >= 11 is 3.18. The van der Waals surface area contributed by atoms with Crippen LogP contribution in [0.1, 0.15) is 6.42 Å². The topological polar surface area (TPSA) is 67.2 Å². The van der Waals surface area contributed by atoms with Gasteiger partial charge in [0.05, 0.1) is 9.99 Å². The molecule has 2 heterocycles. The van der Waals surface area contributed by atoms with Crippen LogP contribution in [0.5, 0.6) is 0 Å². The zero-order valence-corrected chi connectivity index (χ0v) is 12.1. The fourth-order valence-corrected chi connectivity index (χ4v) is 2.85. The second-order valence-electron chi connectivity index (χ2n) is 4.46. The zero-order chi connectivity index (χ0) is 14.4. The van der Waals surface area contributed by atoms with Gasteiger partial charge in [0, 0.05) is 25.4 Å². The summed E-state index contributed by atoms with van der Waals surface area (Å²) in [7, 11) is 1.67. The number of aromatic nitrogens is 2. The number of carbonyl (C=O) groups is 2. The minimum absolute atomic E-state index is 0.214. The SMILES string of the molecule is Cn1nc(N2CCC(=O)NC2=O)c2ccc(F)c(Br)c21. The minimum atomic E-state index is -0.512. The number of hydrogen-bond donors (Lipinski definition) is 1. The molecule has 1 aliphatic heterocycles. The lowest BCUT2D eigenvalue weighted by molar-refractivity contribution is -0.120. The number of carbonyl (C=O) groups excluding carboxylic acids is 2. The number of halogens is 2. The molecule has 1 N–H and O–H groups in total. The minimum Gasteiger partial charge on any atom is -0.278 e. The van der Waals surface area contributed by atoms with Gasteiger partial charge in [-0.15, -0.1) is 0 Å². The molecule has 1 aliphatic rings. The smallest absolute Gasteiger partial charge is 0.278 e. The van der Waals surface area contributed by atoms with Gasteiger partial charge in [0.15, 0.2) is 5.82 Å². The van der Waals surface area contributed by atoms with Gasteiger partial charge in [-0.1, -0.05) is 0 Å². The summed E-state index contributed by atoms with van der Waals surface area (Å²) in [6.07, 6.45) is 0.214. The molecular weight excluding hydrogens is 331 g/mol. The first-order valence-electron chi connectivity index (χ1n) is 5.91. The lowest BCUT2D eigenvalue weighted by Crippen LogP contribution is -2.49. The number of anilines is 1. The van der Waals surface area contributed by atoms with Crippen molar-refractivity contribution in [3.8, 4) is 0 Å². The molecule has 6 nitrogen and oxygen atoms in total. The molecule has 0 spiro atoms. The highest BCUT2D eigenvalue weighted by molar-refractivity contribution is 9.10. The summed E-state index contributed by atoms with van der Waals surface area (Å²) in [5.74, 6) is -0.294. The molecule has 20 heavy (non-hydrogen) atoms. The van der Waals surface area contributed by atoms with E-state index >= 15 is 0 Å². The molecule has 104 valence electrons. The number of rotatable bonds is 1. The fourth-order valence-electron chi connectivity index (χ4n) is 2.25. The van der Waals surface area contributed by atoms with E-state index < -0.39 is 11.8 Å². The lowest BCUT2D eigenvalue weighted by atomic mass is 10.2. The predicted molar refractivity (Wildman–Crippen MR) is 73.9 cm³/mol. The largest absolute Gasteiger partial charge is 0.329 e. The number of benzene rings is 1. The third-order valence-electron chi connectivity index (χ3n) is 3.19. The molecule has 0 saturated carbocycles. The van der Waals surface area contributed by atoms with Gasteiger partial charge in [-0.3, -0.25) is 19.7 Å². The number of aryl methyl sites for hydroxylation is 1. The first kappa shape index (κ1) is 13.0. The van der Waals surface area contributed by atoms with Gasteiger partial charge in [0.2, 0.25) is 5.91 Å². The van der Waals surface area contributed by atoms with Crippen molar-refractivity contribution < 1.29 is 14.0 Å². The molecule has 0 unspecified atom stereocenters. The molecule has 1 fully saturated rings. The molecule has 0 atom stereocenters. The van der Waals surface area contributed by atoms with E-state index in [0.29, 0.717) is 21.2 Å². The Bertz CT molecular complexity index is 743. The molecule has 3 rings (SSSR count). The maximum Gasteiger partial charge on any atom is 0.329 e. The van der Waals surface area contributed by atoms with Crippen molar-refractivity contribution in [1.82, 2.24) is 15.1 Å². The summed E-state index contributed by atoms with van der Waals surface area (Å²) in [4.78, 5) is 24.4. The molecule has 0 aliphatic carbocycles. The Hall–Kier alpha value is -1.96. The van der Waals surface area contributed by atoms with Crippen LogP contribution < -0.4 is 10.2 Å². The van der Waals surface area contributed by atoms with Crippen molar-refractivity contribution in [2.75, 3.05) is 11.4 Å². The maximum absolute atomic E-state index is 13.6. The quantitative estimate of drug-likeness (QED) is 0.862. The maximum atomic E-state index is 13.6. The van der Waals surface area contributed by atoms with Gasteiger partial charge in [0.25, 0.3) is 0 Å². The predicted octanol–water partition coefficient (Wildman–Crippen LogP) is 1.92. The van der Waals surface area contributed by atoms with E-state index in [2.05, 4.69) is 26.3 Å². The summed E-state index contributed by atoms with van der Waals surface area (Å²) in [6, 6.07) is 2.37. The van der Waals surface area contributed by atoms with E-state index in [1.54, 1.807) is 13.1 Å². The fraction of sp³-hybridized carbons (Fsp3) is 0.250. The van der Waals surface area contributed by atoms with Gasteiger partial charge < -0.3 is 0 Å². The van der Waals surface area contributed by atoms with Crippen LogP contribution in [-0.4, -0.2) is 28.3 Å². The third kappa shape index (κ3) is 1.87. The highest BCUT2D eigenvalue weighted by atomic mass is 79.9. The molecule has 1 saturated heterocycles. The molecular formula is C12H10BrFN4O2. The van der Waals surface area contributed by atoms with Gasteiger partial charge in [-0.2, -0.15) is 5.10 Å². The molecule has 0 bridgehead atoms. The molecule has 8 heteroatoms. The summed E-state index contributed by atoms with van der Waals surface area (Å²) in [5, 5.41) is 7.15. The van der Waals surface area contributed by atoms with Gasteiger partial charge in [-0.25, -0.2) is 9.18 Å². The van der Waals surface area contributed by atoms with Crippen LogP contribution in [0, 0.1) is 5.82 Å². The Kier molecular flexibility index (Phi) is 2.97. The highest BCUT2D eigenvalue weighted by Gasteiger charge is 2.28. The first-order chi connectivity index (χ1) is 9.49. The van der Waals surface area contributed by atoms with Gasteiger partial charge in [-0.05, 0) is 28.1 Å². The van der Waals surface area contributed by atoms with E-state index in [0.717, 1.165) is 0 Å². The average molecular weight is 341 g/mol. The van der Waals surface area contributed by atoms with Crippen LogP contribution in [0.4, 0.5) is 15.0 Å². The summed E-state index contributed by atoms with van der Waals surface area (Å²) in [6.45, 7) is 0.256. The molecule has 1 aromatic carbocycles. The van der Waals surface area contributed by atoms with Crippen molar-refractivity contribution in [3.05, 3.63) is 22.4 Å². The van der Waals surface area contributed by atoms with Crippen LogP contribution in [0.3, 0.4) is 0 Å². The van der Waals surface area contributed by atoms with E-state index in [4.69, 9.17) is 0 Å². The highest BCUT2D eigenvalue weighted by Crippen LogP contribution is 2.33. The Balaban J connectivity index is 2.16. The number of nitrogens with zero attached hydrogens (tertiary/aromatic N) is 3. The number of hydrogen-bond acceptors (Lipinski definition) is 3. The normalized spacial score (nSPS) is 15.8. The first-order valence-corrected chi connectivity index (χ1v) is 6.70. The van der Waals surface area contributed by atoms with E-state index in [1.165, 1.54) is 15.6 Å². The van der Waals surface area contributed by atoms with E-state index in [9.17, 15) is 14.0 Å². The second-order valence-corrected chi connectivity index (χ2v) is 5.25. The van der Waals surface area contributed by atoms with Crippen molar-refractivity contribution in [3.63, 3.8) is 0 Å². The molecule has 2 aromatic rings. The second kappa shape index (κ2) is 4.55. The van der Waals surface area contributed by atoms with Crippen LogP contribution in [0.15, 0.2) is 16.6 Å². The molecule has 0 radical (unpaired) electrons. The number of imide groups is 1. The van der Waals surface area contributed by atoms with Crippen molar-refractivity contribution in [2.45, 2.75) is 6.42 Å². The summed E-state index contributed by atoms with van der Waals surface area (Å²) < 4.78 is 15.4.